The first-order valence-electron chi connectivity index (χ1n) is 27.6. The zero-order chi connectivity index (χ0) is 58.2. The molecule has 4 aromatic heterocycles. The Morgan fingerprint density at radius 1 is 0.494 bits per heavy atom. The molecule has 0 amide bonds. The largest absolute Gasteiger partial charge is 1.00 e. The average molecular weight is 1150 g/mol. The predicted octanol–water partition coefficient (Wildman–Crippen LogP) is 9.71. The molecule has 0 atom stereocenters. The molecule has 4 N–H and O–H groups in total. The van der Waals surface area contributed by atoms with Crippen LogP contribution in [0, 0.1) is 0 Å². The summed E-state index contributed by atoms with van der Waals surface area (Å²) in [7, 11) is 3.56. The summed E-state index contributed by atoms with van der Waals surface area (Å²) < 4.78 is 12.9. The maximum atomic E-state index is 13.1. The van der Waals surface area contributed by atoms with E-state index in [1.165, 1.54) is 6.20 Å². The molecular formula is C71H65LiN8O7. The van der Waals surface area contributed by atoms with Crippen molar-refractivity contribution in [2.75, 3.05) is 17.2 Å². The van der Waals surface area contributed by atoms with Crippen LogP contribution in [0.4, 0.5) is 11.9 Å². The quantitative estimate of drug-likeness (QED) is 0.0446. The minimum Gasteiger partial charge on any atom is -0.870 e. The number of ether oxygens (including phenoxy) is 1. The van der Waals surface area contributed by atoms with Gasteiger partial charge in [-0.15, -0.1) is 0 Å². The number of aromatic nitrogens is 6. The van der Waals surface area contributed by atoms with Crippen LogP contribution in [0.15, 0.2) is 265 Å². The van der Waals surface area contributed by atoms with Crippen molar-refractivity contribution < 1.29 is 43.8 Å². The molecule has 0 radical (unpaired) electrons. The first-order chi connectivity index (χ1) is 41.0. The standard InChI is InChI=1S/C36H32N4O3.C34H28N4O3.CH4.Li.H2O/c1-3-43-34(42)31-25-39(2)32-23-26(19-20-30(32)33(31)41)24-38-35-37-21-22-40(35)36(27-13-7-4-8-14-27,28-15-9-5-10-16-28)29-17-11-6-12-18-29;1-37-23-29(32(40)41)31(39)28-18-17-24(21-30(28)37)22-36-33-35-19-20-38(33)34(25-11-5-2-6-12-25,26-13-7-3-8-14-26)27-15-9-4-10-16-27;;;/h4-23,25H,3,24H2,1-2H3,(H,37,38);2-21,23H,22H2,1H3,(H,35,36)(H,40,41);1H4;;1H2/q;;;+1;/p-1. The van der Waals surface area contributed by atoms with Crippen molar-refractivity contribution in [1.82, 2.24) is 28.2 Å². The Kier molecular flexibility index (Phi) is 19.9. The van der Waals surface area contributed by atoms with E-state index in [9.17, 15) is 24.3 Å². The fraction of sp³-hybridized carbons (Fsp3) is 0.127. The number of hydrogen-bond acceptors (Lipinski definition) is 10. The number of benzene rings is 8. The van der Waals surface area contributed by atoms with Crippen molar-refractivity contribution in [3.63, 3.8) is 0 Å². The molecule has 4 heterocycles. The fourth-order valence-electron chi connectivity index (χ4n) is 11.5. The molecule has 0 spiro atoms. The van der Waals surface area contributed by atoms with E-state index in [2.05, 4.69) is 165 Å². The number of carboxylic acids is 1. The van der Waals surface area contributed by atoms with Crippen LogP contribution < -0.4 is 40.4 Å². The molecule has 87 heavy (non-hydrogen) atoms. The number of imidazole rings is 2. The Bertz CT molecular complexity index is 4210. The summed E-state index contributed by atoms with van der Waals surface area (Å²) in [4.78, 5) is 59.1. The number of nitrogens with one attached hydrogen (secondary N) is 2. The molecule has 12 rings (SSSR count). The van der Waals surface area contributed by atoms with E-state index >= 15 is 0 Å². The third kappa shape index (κ3) is 12.1. The van der Waals surface area contributed by atoms with Crippen molar-refractivity contribution in [2.24, 2.45) is 14.1 Å². The number of nitrogens with zero attached hydrogens (tertiary/aromatic N) is 6. The number of carbonyl (C=O) groups is 2. The summed E-state index contributed by atoms with van der Waals surface area (Å²) in [5.41, 5.74) is 7.43. The van der Waals surface area contributed by atoms with Gasteiger partial charge in [0.25, 0.3) is 0 Å². The number of fused-ring (bicyclic) bond motifs is 2. The van der Waals surface area contributed by atoms with Crippen molar-refractivity contribution in [3.05, 3.63) is 332 Å². The SMILES string of the molecule is C.CCOC(=O)c1cn(C)c2cc(CNc3nccn3C(c3ccccc3)(c3ccccc3)c3ccccc3)ccc2c1=O.Cn1cc(C(=O)O)c(=O)c2ccc(CNc3nccn3C(c3ccccc3)(c3ccccc3)c3ccccc3)cc21.[Li+].[OH-]. The Morgan fingerprint density at radius 3 is 1.11 bits per heavy atom. The molecule has 0 saturated carbocycles. The summed E-state index contributed by atoms with van der Waals surface area (Å²) >= 11 is 0. The molecule has 0 aliphatic heterocycles. The van der Waals surface area contributed by atoms with E-state index in [0.717, 1.165) is 50.0 Å². The second kappa shape index (κ2) is 27.6. The number of carbonyl (C=O) groups excluding carboxylic acids is 1. The first-order valence-corrected chi connectivity index (χ1v) is 27.6. The van der Waals surface area contributed by atoms with Gasteiger partial charge in [0, 0.05) is 75.1 Å². The maximum absolute atomic E-state index is 13.1. The third-order valence-corrected chi connectivity index (χ3v) is 15.3. The average Bonchev–Trinajstić information content (AvgIpc) is 1.78. The van der Waals surface area contributed by atoms with Gasteiger partial charge in [-0.1, -0.05) is 202 Å². The van der Waals surface area contributed by atoms with Gasteiger partial charge in [-0.05, 0) is 75.7 Å². The molecule has 8 aromatic carbocycles. The summed E-state index contributed by atoms with van der Waals surface area (Å²) in [6.07, 6.45) is 10.5. The summed E-state index contributed by atoms with van der Waals surface area (Å²) in [5, 5.41) is 17.3. The monoisotopic (exact) mass is 1150 g/mol. The van der Waals surface area contributed by atoms with E-state index in [-0.39, 0.29) is 54.9 Å². The number of carboxylic acid groups (broad SMARTS) is 1. The summed E-state index contributed by atoms with van der Waals surface area (Å²) in [6, 6.07) is 73.6. The smallest absolute Gasteiger partial charge is 0.870 e. The van der Waals surface area contributed by atoms with Gasteiger partial charge in [-0.25, -0.2) is 19.6 Å². The van der Waals surface area contributed by atoms with Crippen molar-refractivity contribution in [1.29, 1.82) is 0 Å². The minimum atomic E-state index is -1.23. The van der Waals surface area contributed by atoms with Crippen LogP contribution in [-0.2, 0) is 43.0 Å². The van der Waals surface area contributed by atoms with Gasteiger partial charge in [0.05, 0.1) is 17.6 Å². The maximum Gasteiger partial charge on any atom is 1.00 e. The van der Waals surface area contributed by atoms with Crippen LogP contribution in [0.5, 0.6) is 0 Å². The van der Waals surface area contributed by atoms with Crippen LogP contribution in [0.25, 0.3) is 21.8 Å². The molecule has 16 heteroatoms. The molecule has 0 aliphatic carbocycles. The summed E-state index contributed by atoms with van der Waals surface area (Å²) in [5.74, 6) is -0.468. The van der Waals surface area contributed by atoms with Gasteiger partial charge in [0.2, 0.25) is 22.8 Å². The van der Waals surface area contributed by atoms with Crippen LogP contribution >= 0.6 is 0 Å². The van der Waals surface area contributed by atoms with Crippen LogP contribution in [0.2, 0.25) is 0 Å². The van der Waals surface area contributed by atoms with Crippen LogP contribution in [0.3, 0.4) is 0 Å². The van der Waals surface area contributed by atoms with Gasteiger partial charge in [-0.2, -0.15) is 0 Å². The zero-order valence-electron chi connectivity index (χ0n) is 48.0. The van der Waals surface area contributed by atoms with Crippen LogP contribution in [0.1, 0.15) is 79.6 Å². The minimum absolute atomic E-state index is 0. The second-order valence-electron chi connectivity index (χ2n) is 20.3. The molecular weight excluding hydrogens is 1080 g/mol. The Morgan fingerprint density at radius 2 is 0.805 bits per heavy atom. The number of aryl methyl sites for hydroxylation is 2. The molecule has 15 nitrogen and oxygen atoms in total. The van der Waals surface area contributed by atoms with Gasteiger partial charge < -0.3 is 35.1 Å². The fourth-order valence-corrected chi connectivity index (χ4v) is 11.5. The van der Waals surface area contributed by atoms with E-state index in [1.807, 2.05) is 86.3 Å². The van der Waals surface area contributed by atoms with Gasteiger partial charge in [-0.3, -0.25) is 18.7 Å². The van der Waals surface area contributed by atoms with Gasteiger partial charge >= 0.3 is 30.8 Å². The molecule has 12 aromatic rings. The molecule has 0 unspecified atom stereocenters. The Labute approximate surface area is 516 Å². The van der Waals surface area contributed by atoms with Crippen LogP contribution in [-0.4, -0.2) is 57.4 Å². The van der Waals surface area contributed by atoms with Crippen molar-refractivity contribution in [3.8, 4) is 0 Å². The Balaban J connectivity index is 0.000000218. The number of esters is 1. The van der Waals surface area contributed by atoms with Gasteiger partial charge in [0.1, 0.15) is 22.2 Å². The van der Waals surface area contributed by atoms with Crippen molar-refractivity contribution >= 4 is 45.6 Å². The number of aromatic carboxylic acids is 1. The van der Waals surface area contributed by atoms with E-state index in [1.54, 1.807) is 47.6 Å². The third-order valence-electron chi connectivity index (χ3n) is 15.3. The normalized spacial score (nSPS) is 11.0. The van der Waals surface area contributed by atoms with Gasteiger partial charge in [0.15, 0.2) is 0 Å². The summed E-state index contributed by atoms with van der Waals surface area (Å²) in [6.45, 7) is 2.84. The number of rotatable bonds is 17. The second-order valence-corrected chi connectivity index (χ2v) is 20.3. The topological polar surface area (TPSA) is 197 Å². The Hall–Kier alpha value is -10.3. The van der Waals surface area contributed by atoms with Crippen molar-refractivity contribution in [2.45, 2.75) is 38.5 Å². The number of pyridine rings is 2. The zero-order valence-corrected chi connectivity index (χ0v) is 48.0. The molecule has 0 aliphatic rings. The van der Waals surface area contributed by atoms with E-state index in [0.29, 0.717) is 41.3 Å². The molecule has 432 valence electrons. The molecule has 0 fully saturated rings. The predicted molar refractivity (Wildman–Crippen MR) is 338 cm³/mol. The molecule has 0 saturated heterocycles. The first kappa shape index (κ1) is 62.7. The number of hydrogen-bond donors (Lipinski definition) is 3. The van der Waals surface area contributed by atoms with E-state index in [4.69, 9.17) is 14.7 Å². The molecule has 0 bridgehead atoms. The number of anilines is 2. The van der Waals surface area contributed by atoms with E-state index < -0.39 is 28.4 Å².